The summed E-state index contributed by atoms with van der Waals surface area (Å²) in [7, 11) is 0.747. The molecule has 0 fully saturated rings. The molecular formula is C22H21BNO2. The van der Waals surface area contributed by atoms with E-state index in [1.165, 1.54) is 33.2 Å². The van der Waals surface area contributed by atoms with Crippen molar-refractivity contribution in [1.82, 2.24) is 4.57 Å². The normalized spacial score (nSPS) is 14.0. The van der Waals surface area contributed by atoms with Crippen molar-refractivity contribution in [3.05, 3.63) is 71.8 Å². The van der Waals surface area contributed by atoms with E-state index in [1.807, 2.05) is 12.1 Å². The van der Waals surface area contributed by atoms with Gasteiger partial charge in [0.05, 0.1) is 16.7 Å². The van der Waals surface area contributed by atoms with Gasteiger partial charge in [0.1, 0.15) is 5.75 Å². The summed E-state index contributed by atoms with van der Waals surface area (Å²) in [4.78, 5) is 0. The van der Waals surface area contributed by atoms with Crippen molar-refractivity contribution < 1.29 is 9.68 Å². The van der Waals surface area contributed by atoms with Crippen molar-refractivity contribution in [2.24, 2.45) is 0 Å². The van der Waals surface area contributed by atoms with Gasteiger partial charge in [0.15, 0.2) is 0 Å². The number of hydrogen-bond donors (Lipinski definition) is 1. The molecule has 0 bridgehead atoms. The van der Waals surface area contributed by atoms with E-state index in [0.29, 0.717) is 5.75 Å². The smallest absolute Gasteiger partial charge is 0.537 e. The summed E-state index contributed by atoms with van der Waals surface area (Å²) in [6.45, 7) is 4.49. The highest BCUT2D eigenvalue weighted by atomic mass is 16.5. The molecule has 0 atom stereocenters. The molecule has 1 radical (unpaired) electrons. The van der Waals surface area contributed by atoms with Crippen molar-refractivity contribution in [1.29, 1.82) is 0 Å². The van der Waals surface area contributed by atoms with Gasteiger partial charge in [-0.2, -0.15) is 0 Å². The number of benzene rings is 3. The van der Waals surface area contributed by atoms with Crippen molar-refractivity contribution in [3.63, 3.8) is 0 Å². The minimum absolute atomic E-state index is 0. The molecule has 5 rings (SSSR count). The molecule has 0 amide bonds. The number of hydrogen-bond acceptors (Lipinski definition) is 2. The van der Waals surface area contributed by atoms with E-state index in [1.54, 1.807) is 0 Å². The Hall–Kier alpha value is -2.72. The molecule has 4 heteroatoms. The third-order valence-corrected chi connectivity index (χ3v) is 5.42. The Bertz CT molecular complexity index is 1140. The summed E-state index contributed by atoms with van der Waals surface area (Å²) < 4.78 is 7.70. The van der Waals surface area contributed by atoms with Crippen LogP contribution < -0.4 is 4.65 Å². The standard InChI is InChI=1S/C21H17BNO2.CH4/c1-21(2)16-8-4-6-10-19(16)23-18-9-5-3-7-14(18)15-11-13(25-22-24)12-17(21)20(15)23;/h3-12,24H,1-2H3;1H4. The monoisotopic (exact) mass is 342 g/mol. The first-order valence-corrected chi connectivity index (χ1v) is 8.43. The van der Waals surface area contributed by atoms with Gasteiger partial charge in [0.2, 0.25) is 0 Å². The van der Waals surface area contributed by atoms with Crippen LogP contribution in [0, 0.1) is 0 Å². The first kappa shape index (κ1) is 16.7. The van der Waals surface area contributed by atoms with Gasteiger partial charge in [-0.05, 0) is 35.4 Å². The van der Waals surface area contributed by atoms with E-state index in [2.05, 4.69) is 66.9 Å². The lowest BCUT2D eigenvalue weighted by atomic mass is 9.74. The van der Waals surface area contributed by atoms with E-state index >= 15 is 0 Å². The lowest BCUT2D eigenvalue weighted by Crippen LogP contribution is -2.26. The molecule has 1 aromatic heterocycles. The van der Waals surface area contributed by atoms with Crippen LogP contribution in [0.1, 0.15) is 32.4 Å². The number of nitrogens with zero attached hydrogens (tertiary/aromatic N) is 1. The van der Waals surface area contributed by atoms with E-state index in [0.717, 1.165) is 13.1 Å². The van der Waals surface area contributed by atoms with Crippen molar-refractivity contribution in [2.45, 2.75) is 26.7 Å². The average molecular weight is 342 g/mol. The van der Waals surface area contributed by atoms with Gasteiger partial charge in [-0.1, -0.05) is 57.7 Å². The second kappa shape index (κ2) is 5.65. The van der Waals surface area contributed by atoms with Crippen LogP contribution in [0.15, 0.2) is 60.7 Å². The molecule has 4 aromatic rings. The van der Waals surface area contributed by atoms with Crippen molar-refractivity contribution >= 4 is 29.5 Å². The summed E-state index contributed by atoms with van der Waals surface area (Å²) in [5, 5.41) is 11.5. The van der Waals surface area contributed by atoms with Gasteiger partial charge >= 0.3 is 7.69 Å². The highest BCUT2D eigenvalue weighted by Gasteiger charge is 2.35. The fraction of sp³-hybridized carbons (Fsp3) is 0.182. The fourth-order valence-electron chi connectivity index (χ4n) is 4.27. The highest BCUT2D eigenvalue weighted by molar-refractivity contribution is 6.18. The highest BCUT2D eigenvalue weighted by Crippen LogP contribution is 2.48. The van der Waals surface area contributed by atoms with E-state index in [-0.39, 0.29) is 12.8 Å². The summed E-state index contributed by atoms with van der Waals surface area (Å²) >= 11 is 0. The van der Waals surface area contributed by atoms with Gasteiger partial charge in [-0.3, -0.25) is 0 Å². The molecule has 0 aliphatic carbocycles. The fourth-order valence-corrected chi connectivity index (χ4v) is 4.27. The van der Waals surface area contributed by atoms with E-state index in [4.69, 9.17) is 9.68 Å². The summed E-state index contributed by atoms with van der Waals surface area (Å²) in [6, 6.07) is 21.1. The Balaban J connectivity index is 0.00000168. The predicted octanol–water partition coefficient (Wildman–Crippen LogP) is 4.96. The Labute approximate surface area is 154 Å². The predicted molar refractivity (Wildman–Crippen MR) is 108 cm³/mol. The zero-order valence-corrected chi connectivity index (χ0v) is 14.2. The van der Waals surface area contributed by atoms with Crippen LogP contribution in [0.25, 0.3) is 27.5 Å². The molecule has 0 saturated heterocycles. The Morgan fingerprint density at radius 2 is 1.65 bits per heavy atom. The molecule has 3 nitrogen and oxygen atoms in total. The molecule has 1 aliphatic heterocycles. The lowest BCUT2D eigenvalue weighted by Gasteiger charge is -2.34. The molecular weight excluding hydrogens is 321 g/mol. The van der Waals surface area contributed by atoms with Crippen LogP contribution in [0.3, 0.4) is 0 Å². The van der Waals surface area contributed by atoms with Gasteiger partial charge in [-0.15, -0.1) is 0 Å². The molecule has 3 aromatic carbocycles. The Kier molecular flexibility index (Phi) is 3.63. The quantitative estimate of drug-likeness (QED) is 0.522. The van der Waals surface area contributed by atoms with Gasteiger partial charge < -0.3 is 14.2 Å². The molecule has 26 heavy (non-hydrogen) atoms. The minimum Gasteiger partial charge on any atom is -0.537 e. The SMILES string of the molecule is C.CC1(C)c2ccccc2-n2c3ccccc3c3cc(O[B]O)cc1c32. The molecule has 0 spiro atoms. The summed E-state index contributed by atoms with van der Waals surface area (Å²) in [5.41, 5.74) is 5.97. The van der Waals surface area contributed by atoms with Crippen LogP contribution >= 0.6 is 0 Å². The number of aromatic nitrogens is 1. The number of fused-ring (bicyclic) bond motifs is 5. The summed E-state index contributed by atoms with van der Waals surface area (Å²) in [5.74, 6) is 0.653. The average Bonchev–Trinajstić information content (AvgIpc) is 2.95. The van der Waals surface area contributed by atoms with E-state index < -0.39 is 0 Å². The second-order valence-corrected chi connectivity index (χ2v) is 7.08. The van der Waals surface area contributed by atoms with Crippen LogP contribution in [0.5, 0.6) is 5.75 Å². The van der Waals surface area contributed by atoms with Crippen LogP contribution in [-0.2, 0) is 5.41 Å². The van der Waals surface area contributed by atoms with Crippen molar-refractivity contribution in [2.75, 3.05) is 0 Å². The minimum atomic E-state index is -0.159. The maximum atomic E-state index is 9.12. The van der Waals surface area contributed by atoms with Gasteiger partial charge in [0, 0.05) is 16.2 Å². The topological polar surface area (TPSA) is 34.4 Å². The largest absolute Gasteiger partial charge is 0.569 e. The molecule has 2 heterocycles. The van der Waals surface area contributed by atoms with Crippen molar-refractivity contribution in [3.8, 4) is 11.4 Å². The molecule has 1 N–H and O–H groups in total. The first-order valence-electron chi connectivity index (χ1n) is 8.43. The van der Waals surface area contributed by atoms with Crippen LogP contribution in [0.4, 0.5) is 0 Å². The lowest BCUT2D eigenvalue weighted by molar-refractivity contribution is 0.453. The third kappa shape index (κ3) is 1.99. The second-order valence-electron chi connectivity index (χ2n) is 7.08. The maximum Gasteiger partial charge on any atom is 0.569 e. The Morgan fingerprint density at radius 3 is 2.46 bits per heavy atom. The maximum absolute atomic E-state index is 9.12. The third-order valence-electron chi connectivity index (χ3n) is 5.42. The zero-order chi connectivity index (χ0) is 17.2. The molecule has 0 unspecified atom stereocenters. The van der Waals surface area contributed by atoms with Gasteiger partial charge in [0.25, 0.3) is 0 Å². The zero-order valence-electron chi connectivity index (χ0n) is 14.2. The Morgan fingerprint density at radius 1 is 0.923 bits per heavy atom. The number of rotatable bonds is 2. The number of para-hydroxylation sites is 2. The molecule has 129 valence electrons. The first-order chi connectivity index (χ1) is 12.1. The molecule has 1 aliphatic rings. The van der Waals surface area contributed by atoms with E-state index in [9.17, 15) is 0 Å². The van der Waals surface area contributed by atoms with Gasteiger partial charge in [-0.25, -0.2) is 0 Å². The van der Waals surface area contributed by atoms with Crippen LogP contribution in [0.2, 0.25) is 0 Å². The summed E-state index contributed by atoms with van der Waals surface area (Å²) in [6.07, 6.45) is 0. The molecule has 0 saturated carbocycles. The van der Waals surface area contributed by atoms with Crippen LogP contribution in [-0.4, -0.2) is 17.3 Å².